The molecule has 1 rings (SSSR count). The smallest absolute Gasteiger partial charge is 0.349 e. The van der Waals surface area contributed by atoms with Crippen molar-refractivity contribution in [2.45, 2.75) is 39.5 Å². The van der Waals surface area contributed by atoms with Crippen molar-refractivity contribution in [1.82, 2.24) is 4.98 Å². The van der Waals surface area contributed by atoms with E-state index in [0.717, 1.165) is 11.4 Å². The molecule has 1 aromatic rings. The Hall–Kier alpha value is -0.900. The van der Waals surface area contributed by atoms with E-state index in [2.05, 4.69) is 25.8 Å². The van der Waals surface area contributed by atoms with Gasteiger partial charge in [0, 0.05) is 5.41 Å². The molecular weight excluding hydrogens is 210 g/mol. The first-order valence-corrected chi connectivity index (χ1v) is 5.96. The molecule has 0 unspecified atom stereocenters. The summed E-state index contributed by atoms with van der Waals surface area (Å²) in [6, 6.07) is 0. The number of ether oxygens (including phenoxy) is 1. The van der Waals surface area contributed by atoms with E-state index in [-0.39, 0.29) is 11.4 Å². The molecule has 0 bridgehead atoms. The molecule has 0 N–H and O–H groups in total. The highest BCUT2D eigenvalue weighted by atomic mass is 32.1. The van der Waals surface area contributed by atoms with E-state index in [1.807, 2.05) is 0 Å². The number of hydrogen-bond donors (Lipinski definition) is 0. The van der Waals surface area contributed by atoms with Gasteiger partial charge in [0.2, 0.25) is 0 Å². The Morgan fingerprint density at radius 1 is 1.53 bits per heavy atom. The van der Waals surface area contributed by atoms with E-state index in [9.17, 15) is 4.79 Å². The van der Waals surface area contributed by atoms with Gasteiger partial charge in [-0.15, -0.1) is 11.3 Å². The molecule has 0 saturated carbocycles. The van der Waals surface area contributed by atoms with Crippen LogP contribution in [0.5, 0.6) is 0 Å². The molecule has 4 heteroatoms. The highest BCUT2D eigenvalue weighted by Gasteiger charge is 2.23. The minimum Gasteiger partial charge on any atom is -0.462 e. The van der Waals surface area contributed by atoms with Crippen LogP contribution in [0.2, 0.25) is 0 Å². The van der Waals surface area contributed by atoms with Crippen LogP contribution < -0.4 is 0 Å². The summed E-state index contributed by atoms with van der Waals surface area (Å²) in [5.41, 5.74) is 0.0371. The normalized spacial score (nSPS) is 11.5. The lowest BCUT2D eigenvalue weighted by Gasteiger charge is -2.18. The van der Waals surface area contributed by atoms with E-state index in [1.165, 1.54) is 11.3 Å². The van der Waals surface area contributed by atoms with Crippen LogP contribution in [-0.2, 0) is 10.2 Å². The molecule has 15 heavy (non-hydrogen) atoms. The number of aromatic nitrogens is 1. The van der Waals surface area contributed by atoms with Crippen molar-refractivity contribution in [2.75, 3.05) is 6.61 Å². The van der Waals surface area contributed by atoms with Crippen LogP contribution in [0.25, 0.3) is 0 Å². The Labute approximate surface area is 94.5 Å². The molecule has 0 fully saturated rings. The maximum Gasteiger partial charge on any atom is 0.349 e. The molecule has 0 amide bonds. The summed E-state index contributed by atoms with van der Waals surface area (Å²) < 4.78 is 4.92. The molecule has 0 aliphatic carbocycles. The first-order valence-electron chi connectivity index (χ1n) is 5.14. The summed E-state index contributed by atoms with van der Waals surface area (Å²) in [5, 5.41) is 0.994. The fourth-order valence-corrected chi connectivity index (χ4v) is 2.02. The molecule has 84 valence electrons. The molecule has 3 nitrogen and oxygen atoms in total. The van der Waals surface area contributed by atoms with Crippen LogP contribution in [0.3, 0.4) is 0 Å². The Kier molecular flexibility index (Phi) is 3.85. The third kappa shape index (κ3) is 2.78. The summed E-state index contributed by atoms with van der Waals surface area (Å²) in [7, 11) is 0. The number of carbonyl (C=O) groups excluding carboxylic acids is 1. The molecule has 0 spiro atoms. The first-order chi connectivity index (χ1) is 7.01. The summed E-state index contributed by atoms with van der Waals surface area (Å²) in [6.07, 6.45) is 2.61. The minimum absolute atomic E-state index is 0.0371. The number of thiazole rings is 1. The molecule has 0 atom stereocenters. The van der Waals surface area contributed by atoms with Gasteiger partial charge in [-0.1, -0.05) is 20.8 Å². The van der Waals surface area contributed by atoms with Crippen LogP contribution in [0, 0.1) is 0 Å². The largest absolute Gasteiger partial charge is 0.462 e. The van der Waals surface area contributed by atoms with E-state index >= 15 is 0 Å². The Balaban J connectivity index is 2.85. The van der Waals surface area contributed by atoms with Crippen molar-refractivity contribution in [2.24, 2.45) is 0 Å². The van der Waals surface area contributed by atoms with Crippen LogP contribution in [0.4, 0.5) is 0 Å². The second-order valence-corrected chi connectivity index (χ2v) is 5.02. The molecule has 0 aromatic carbocycles. The Bertz CT molecular complexity index is 344. The van der Waals surface area contributed by atoms with Crippen molar-refractivity contribution < 1.29 is 9.53 Å². The molecule has 0 aliphatic rings. The molecule has 0 radical (unpaired) electrons. The molecule has 0 saturated heterocycles. The lowest BCUT2D eigenvalue weighted by atomic mass is 9.91. The van der Waals surface area contributed by atoms with E-state index in [1.54, 1.807) is 13.1 Å². The highest BCUT2D eigenvalue weighted by molar-refractivity contribution is 7.13. The summed E-state index contributed by atoms with van der Waals surface area (Å²) >= 11 is 1.43. The van der Waals surface area contributed by atoms with E-state index in [0.29, 0.717) is 11.5 Å². The quantitative estimate of drug-likeness (QED) is 0.742. The Morgan fingerprint density at radius 2 is 2.20 bits per heavy atom. The van der Waals surface area contributed by atoms with Gasteiger partial charge in [-0.3, -0.25) is 0 Å². The summed E-state index contributed by atoms with van der Waals surface area (Å²) in [5.74, 6) is -0.270. The number of esters is 1. The highest BCUT2D eigenvalue weighted by Crippen LogP contribution is 2.30. The van der Waals surface area contributed by atoms with Gasteiger partial charge in [-0.05, 0) is 13.3 Å². The van der Waals surface area contributed by atoms with Crippen molar-refractivity contribution in [3.63, 3.8) is 0 Å². The first kappa shape index (κ1) is 12.2. The monoisotopic (exact) mass is 227 g/mol. The zero-order valence-corrected chi connectivity index (χ0v) is 10.5. The topological polar surface area (TPSA) is 39.2 Å². The van der Waals surface area contributed by atoms with Gasteiger partial charge >= 0.3 is 5.97 Å². The van der Waals surface area contributed by atoms with E-state index in [4.69, 9.17) is 4.74 Å². The third-order valence-electron chi connectivity index (χ3n) is 2.45. The van der Waals surface area contributed by atoms with Crippen LogP contribution >= 0.6 is 11.3 Å². The second kappa shape index (κ2) is 4.75. The standard InChI is InChI=1S/C11H17NO2S/c1-5-11(3,4)10-12-7-8(15-10)9(13)14-6-2/h7H,5-6H2,1-4H3. The minimum atomic E-state index is -0.270. The van der Waals surface area contributed by atoms with Crippen molar-refractivity contribution >= 4 is 17.3 Å². The molecule has 1 heterocycles. The van der Waals surface area contributed by atoms with E-state index < -0.39 is 0 Å². The average molecular weight is 227 g/mol. The number of carbonyl (C=O) groups is 1. The zero-order valence-electron chi connectivity index (χ0n) is 9.66. The number of nitrogens with zero attached hydrogens (tertiary/aromatic N) is 1. The third-order valence-corrected chi connectivity index (χ3v) is 3.79. The molecule has 0 aliphatic heterocycles. The van der Waals surface area contributed by atoms with Crippen molar-refractivity contribution in [3.8, 4) is 0 Å². The second-order valence-electron chi connectivity index (χ2n) is 3.99. The molecular formula is C11H17NO2S. The number of rotatable bonds is 4. The van der Waals surface area contributed by atoms with Gasteiger partial charge in [0.1, 0.15) is 4.88 Å². The SMILES string of the molecule is CCOC(=O)c1cnc(C(C)(C)CC)s1. The predicted molar refractivity (Wildman–Crippen MR) is 61.4 cm³/mol. The maximum absolute atomic E-state index is 11.4. The van der Waals surface area contributed by atoms with Gasteiger partial charge in [0.15, 0.2) is 0 Å². The Morgan fingerprint density at radius 3 is 2.73 bits per heavy atom. The lowest BCUT2D eigenvalue weighted by molar-refractivity contribution is 0.0532. The summed E-state index contributed by atoms with van der Waals surface area (Å²) in [4.78, 5) is 16.3. The van der Waals surface area contributed by atoms with Crippen LogP contribution in [-0.4, -0.2) is 17.6 Å². The summed E-state index contributed by atoms with van der Waals surface area (Å²) in [6.45, 7) is 8.58. The van der Waals surface area contributed by atoms with Crippen LogP contribution in [0.1, 0.15) is 48.8 Å². The maximum atomic E-state index is 11.4. The average Bonchev–Trinajstić information content (AvgIpc) is 2.67. The van der Waals surface area contributed by atoms with Gasteiger partial charge in [-0.2, -0.15) is 0 Å². The molecule has 1 aromatic heterocycles. The van der Waals surface area contributed by atoms with Gasteiger partial charge in [0.25, 0.3) is 0 Å². The van der Waals surface area contributed by atoms with Crippen molar-refractivity contribution in [1.29, 1.82) is 0 Å². The van der Waals surface area contributed by atoms with Crippen molar-refractivity contribution in [3.05, 3.63) is 16.1 Å². The van der Waals surface area contributed by atoms with Gasteiger partial charge in [-0.25, -0.2) is 9.78 Å². The van der Waals surface area contributed by atoms with Gasteiger partial charge in [0.05, 0.1) is 17.8 Å². The van der Waals surface area contributed by atoms with Gasteiger partial charge < -0.3 is 4.74 Å². The fourth-order valence-electron chi connectivity index (χ4n) is 1.03. The number of hydrogen-bond acceptors (Lipinski definition) is 4. The zero-order chi connectivity index (χ0) is 11.5. The predicted octanol–water partition coefficient (Wildman–Crippen LogP) is 3.01. The van der Waals surface area contributed by atoms with Crippen LogP contribution in [0.15, 0.2) is 6.20 Å². The lowest BCUT2D eigenvalue weighted by Crippen LogP contribution is -2.14. The fraction of sp³-hybridized carbons (Fsp3) is 0.636.